The van der Waals surface area contributed by atoms with Gasteiger partial charge in [-0.2, -0.15) is 0 Å². The van der Waals surface area contributed by atoms with Crippen LogP contribution in [0.1, 0.15) is 33.6 Å². The van der Waals surface area contributed by atoms with E-state index in [0.29, 0.717) is 25.9 Å². The molecular formula is C14H23N3O4. The Bertz CT molecular complexity index is 452. The number of likely N-dealkylation sites (tertiary alicyclic amines) is 1. The van der Waals surface area contributed by atoms with Gasteiger partial charge >= 0.3 is 6.09 Å². The molecule has 2 aliphatic rings. The summed E-state index contributed by atoms with van der Waals surface area (Å²) in [6.45, 7) is 6.58. The quantitative estimate of drug-likeness (QED) is 0.744. The minimum absolute atomic E-state index is 0.126. The third-order valence-corrected chi connectivity index (χ3v) is 3.79. The Balaban J connectivity index is 1.82. The molecule has 0 spiro atoms. The van der Waals surface area contributed by atoms with Crippen molar-refractivity contribution in [3.8, 4) is 0 Å². The first kappa shape index (κ1) is 15.8. The molecule has 7 nitrogen and oxygen atoms in total. The Hall–Kier alpha value is -1.63. The molecule has 2 rings (SSSR count). The van der Waals surface area contributed by atoms with Gasteiger partial charge in [0.25, 0.3) is 0 Å². The second kappa shape index (κ2) is 5.63. The third-order valence-electron chi connectivity index (χ3n) is 3.79. The van der Waals surface area contributed by atoms with Gasteiger partial charge < -0.3 is 9.64 Å². The molecule has 0 saturated carbocycles. The van der Waals surface area contributed by atoms with E-state index < -0.39 is 5.60 Å². The highest BCUT2D eigenvalue weighted by Crippen LogP contribution is 2.22. The molecule has 2 saturated heterocycles. The number of ether oxygens (including phenoxy) is 1. The van der Waals surface area contributed by atoms with Crippen molar-refractivity contribution in [3.05, 3.63) is 0 Å². The van der Waals surface area contributed by atoms with Gasteiger partial charge in [-0.05, 0) is 34.2 Å². The zero-order valence-electron chi connectivity index (χ0n) is 13.0. The van der Waals surface area contributed by atoms with Crippen LogP contribution in [0.3, 0.4) is 0 Å². The number of carbonyl (C=O) groups is 3. The average molecular weight is 297 g/mol. The van der Waals surface area contributed by atoms with Crippen LogP contribution in [0.15, 0.2) is 0 Å². The van der Waals surface area contributed by atoms with Crippen LogP contribution in [-0.4, -0.2) is 65.5 Å². The number of carbonyl (C=O) groups excluding carboxylic acids is 3. The molecule has 3 amide bonds. The number of hydrogen-bond donors (Lipinski definition) is 1. The lowest BCUT2D eigenvalue weighted by Gasteiger charge is -2.46. The number of imide groups is 1. The number of rotatable bonds is 2. The molecule has 2 heterocycles. The Morgan fingerprint density at radius 2 is 1.95 bits per heavy atom. The van der Waals surface area contributed by atoms with Gasteiger partial charge in [0.1, 0.15) is 5.60 Å². The van der Waals surface area contributed by atoms with E-state index in [2.05, 4.69) is 5.32 Å². The fourth-order valence-corrected chi connectivity index (χ4v) is 2.51. The van der Waals surface area contributed by atoms with Crippen molar-refractivity contribution in [3.63, 3.8) is 0 Å². The highest BCUT2D eigenvalue weighted by Gasteiger charge is 2.40. The fraction of sp³-hybridized carbons (Fsp3) is 0.786. The van der Waals surface area contributed by atoms with Crippen LogP contribution in [0, 0.1) is 0 Å². The standard InChI is InChI=1S/C14H23N3O4/c1-14(2,3)21-13(20)17-7-9(8-17)16(4)10-5-6-11(18)15-12(10)19/h9-10H,5-8H2,1-4H3,(H,15,18,19). The first-order valence-corrected chi connectivity index (χ1v) is 7.21. The summed E-state index contributed by atoms with van der Waals surface area (Å²) in [6.07, 6.45) is 0.572. The van der Waals surface area contributed by atoms with E-state index in [1.54, 1.807) is 4.90 Å². The molecule has 0 aromatic carbocycles. The summed E-state index contributed by atoms with van der Waals surface area (Å²) in [7, 11) is 1.86. The Morgan fingerprint density at radius 3 is 2.48 bits per heavy atom. The second-order valence-corrected chi connectivity index (χ2v) is 6.67. The van der Waals surface area contributed by atoms with Gasteiger partial charge in [-0.1, -0.05) is 0 Å². The summed E-state index contributed by atoms with van der Waals surface area (Å²) in [5.41, 5.74) is -0.502. The molecule has 0 radical (unpaired) electrons. The summed E-state index contributed by atoms with van der Waals surface area (Å²) in [4.78, 5) is 38.4. The lowest BCUT2D eigenvalue weighted by molar-refractivity contribution is -0.138. The van der Waals surface area contributed by atoms with Gasteiger partial charge in [0.2, 0.25) is 11.8 Å². The van der Waals surface area contributed by atoms with E-state index in [1.165, 1.54) is 0 Å². The van der Waals surface area contributed by atoms with Gasteiger partial charge in [0, 0.05) is 25.6 Å². The van der Waals surface area contributed by atoms with Crippen LogP contribution >= 0.6 is 0 Å². The highest BCUT2D eigenvalue weighted by atomic mass is 16.6. The molecule has 0 bridgehead atoms. The number of nitrogens with zero attached hydrogens (tertiary/aromatic N) is 2. The molecule has 2 fully saturated rings. The molecular weight excluding hydrogens is 274 g/mol. The van der Waals surface area contributed by atoms with E-state index in [1.807, 2.05) is 32.7 Å². The summed E-state index contributed by atoms with van der Waals surface area (Å²) >= 11 is 0. The zero-order valence-corrected chi connectivity index (χ0v) is 13.0. The molecule has 1 unspecified atom stereocenters. The minimum Gasteiger partial charge on any atom is -0.444 e. The van der Waals surface area contributed by atoms with E-state index >= 15 is 0 Å². The van der Waals surface area contributed by atoms with Crippen LogP contribution in [0.25, 0.3) is 0 Å². The van der Waals surface area contributed by atoms with Crippen molar-refractivity contribution in [1.29, 1.82) is 0 Å². The summed E-state index contributed by atoms with van der Waals surface area (Å²) < 4.78 is 5.29. The van der Waals surface area contributed by atoms with Gasteiger partial charge in [-0.3, -0.25) is 19.8 Å². The molecule has 1 N–H and O–H groups in total. The maximum absolute atomic E-state index is 11.9. The van der Waals surface area contributed by atoms with Crippen molar-refractivity contribution in [2.45, 2.75) is 51.3 Å². The maximum Gasteiger partial charge on any atom is 0.410 e. The lowest BCUT2D eigenvalue weighted by atomic mass is 10.00. The Kier molecular flexibility index (Phi) is 4.22. The molecule has 1 atom stereocenters. The first-order valence-electron chi connectivity index (χ1n) is 7.21. The summed E-state index contributed by atoms with van der Waals surface area (Å²) in [5, 5.41) is 2.35. The van der Waals surface area contributed by atoms with Crippen LogP contribution in [0.5, 0.6) is 0 Å². The maximum atomic E-state index is 11.9. The zero-order chi connectivity index (χ0) is 15.8. The molecule has 118 valence electrons. The van der Waals surface area contributed by atoms with Crippen LogP contribution in [0.4, 0.5) is 4.79 Å². The molecule has 0 aromatic heterocycles. The van der Waals surface area contributed by atoms with E-state index in [-0.39, 0.29) is 30.0 Å². The molecule has 0 aromatic rings. The van der Waals surface area contributed by atoms with Crippen molar-refractivity contribution in [2.24, 2.45) is 0 Å². The van der Waals surface area contributed by atoms with Gasteiger partial charge in [-0.25, -0.2) is 4.79 Å². The van der Waals surface area contributed by atoms with Gasteiger partial charge in [0.05, 0.1) is 6.04 Å². The summed E-state index contributed by atoms with van der Waals surface area (Å²) in [6, 6.07) is -0.171. The average Bonchev–Trinajstić information content (AvgIpc) is 2.23. The first-order chi connectivity index (χ1) is 9.67. The SMILES string of the molecule is CN(C1CN(C(=O)OC(C)(C)C)C1)C1CCC(=O)NC1=O. The van der Waals surface area contributed by atoms with Crippen molar-refractivity contribution < 1.29 is 19.1 Å². The fourth-order valence-electron chi connectivity index (χ4n) is 2.51. The number of hydrogen-bond acceptors (Lipinski definition) is 5. The predicted octanol–water partition coefficient (Wildman–Crippen LogP) is 0.343. The van der Waals surface area contributed by atoms with Crippen LogP contribution in [0.2, 0.25) is 0 Å². The van der Waals surface area contributed by atoms with E-state index in [0.717, 1.165) is 0 Å². The monoisotopic (exact) mass is 297 g/mol. The van der Waals surface area contributed by atoms with Gasteiger partial charge in [0.15, 0.2) is 0 Å². The summed E-state index contributed by atoms with van der Waals surface area (Å²) in [5.74, 6) is -0.460. The highest BCUT2D eigenvalue weighted by molar-refractivity contribution is 6.00. The number of likely N-dealkylation sites (N-methyl/N-ethyl adjacent to an activating group) is 1. The topological polar surface area (TPSA) is 79.0 Å². The smallest absolute Gasteiger partial charge is 0.410 e. The second-order valence-electron chi connectivity index (χ2n) is 6.67. The Morgan fingerprint density at radius 1 is 1.33 bits per heavy atom. The van der Waals surface area contributed by atoms with Crippen LogP contribution in [-0.2, 0) is 14.3 Å². The van der Waals surface area contributed by atoms with Crippen LogP contribution < -0.4 is 5.32 Å². The predicted molar refractivity (Wildman–Crippen MR) is 75.5 cm³/mol. The Labute approximate surface area is 124 Å². The lowest BCUT2D eigenvalue weighted by Crippen LogP contribution is -2.65. The largest absolute Gasteiger partial charge is 0.444 e. The third kappa shape index (κ3) is 3.72. The molecule has 2 aliphatic heterocycles. The van der Waals surface area contributed by atoms with E-state index in [4.69, 9.17) is 4.74 Å². The van der Waals surface area contributed by atoms with E-state index in [9.17, 15) is 14.4 Å². The molecule has 0 aliphatic carbocycles. The van der Waals surface area contributed by atoms with Gasteiger partial charge in [-0.15, -0.1) is 0 Å². The molecule has 7 heteroatoms. The van der Waals surface area contributed by atoms with Crippen molar-refractivity contribution >= 4 is 17.9 Å². The van der Waals surface area contributed by atoms with Crippen molar-refractivity contribution in [1.82, 2.24) is 15.1 Å². The number of nitrogens with one attached hydrogen (secondary N) is 1. The number of piperidine rings is 1. The number of amides is 3. The minimum atomic E-state index is -0.502. The molecule has 21 heavy (non-hydrogen) atoms. The normalized spacial score (nSPS) is 23.9. The van der Waals surface area contributed by atoms with Crippen molar-refractivity contribution in [2.75, 3.05) is 20.1 Å².